The molecule has 0 spiro atoms. The van der Waals surface area contributed by atoms with E-state index >= 15 is 0 Å². The second-order valence-corrected chi connectivity index (χ2v) is 8.76. The Kier molecular flexibility index (Phi) is 3.13. The molecule has 0 saturated carbocycles. The number of ether oxygens (including phenoxy) is 1. The number of hydrogen-bond donors (Lipinski definition) is 0. The van der Waals surface area contributed by atoms with Gasteiger partial charge in [0.1, 0.15) is 17.3 Å². The van der Waals surface area contributed by atoms with Gasteiger partial charge in [-0.25, -0.2) is 12.8 Å². The van der Waals surface area contributed by atoms with E-state index in [-0.39, 0.29) is 17.1 Å². The maximum absolute atomic E-state index is 13.6. The molecule has 126 valence electrons. The Balaban J connectivity index is 1.88. The minimum Gasteiger partial charge on any atom is -0.457 e. The number of halogens is 1. The van der Waals surface area contributed by atoms with Crippen molar-refractivity contribution < 1.29 is 17.5 Å². The van der Waals surface area contributed by atoms with Gasteiger partial charge in [-0.3, -0.25) is 0 Å². The van der Waals surface area contributed by atoms with Crippen LogP contribution < -0.4 is 4.74 Å². The van der Waals surface area contributed by atoms with E-state index in [9.17, 15) is 12.8 Å². The van der Waals surface area contributed by atoms with Crippen LogP contribution in [0.1, 0.15) is 30.0 Å². The Morgan fingerprint density at radius 1 is 1.32 bits per heavy atom. The fraction of sp³-hybridized carbons (Fsp3) is 0.211. The molecule has 4 rings (SSSR count). The average Bonchev–Trinajstić information content (AvgIpc) is 2.88. The first-order valence-corrected chi connectivity index (χ1v) is 9.36. The summed E-state index contributed by atoms with van der Waals surface area (Å²) in [6, 6.07) is 8.75. The van der Waals surface area contributed by atoms with Crippen LogP contribution >= 0.6 is 0 Å². The largest absolute Gasteiger partial charge is 0.457 e. The third-order valence-electron chi connectivity index (χ3n) is 4.76. The quantitative estimate of drug-likeness (QED) is 0.818. The topological polar surface area (TPSA) is 67.2 Å². The Labute approximate surface area is 145 Å². The lowest BCUT2D eigenvalue weighted by Crippen LogP contribution is -2.20. The molecule has 1 aliphatic carbocycles. The highest BCUT2D eigenvalue weighted by molar-refractivity contribution is 7.91. The first-order chi connectivity index (χ1) is 11.7. The number of sulfone groups is 1. The van der Waals surface area contributed by atoms with E-state index < -0.39 is 21.1 Å². The summed E-state index contributed by atoms with van der Waals surface area (Å²) in [4.78, 5) is 0.327. The van der Waals surface area contributed by atoms with Crippen LogP contribution in [0.4, 0.5) is 4.39 Å². The Bertz CT molecular complexity index is 1100. The Morgan fingerprint density at radius 2 is 2.08 bits per heavy atom. The van der Waals surface area contributed by atoms with E-state index in [1.165, 1.54) is 18.2 Å². The van der Waals surface area contributed by atoms with E-state index in [0.29, 0.717) is 22.6 Å². The van der Waals surface area contributed by atoms with Crippen LogP contribution in [0.15, 0.2) is 41.8 Å². The van der Waals surface area contributed by atoms with Gasteiger partial charge in [-0.2, -0.15) is 5.26 Å². The van der Waals surface area contributed by atoms with Crippen LogP contribution in [0.5, 0.6) is 11.5 Å². The number of rotatable bonds is 2. The normalized spacial score (nSPS) is 22.5. The van der Waals surface area contributed by atoms with Gasteiger partial charge < -0.3 is 4.74 Å². The lowest BCUT2D eigenvalue weighted by molar-refractivity contribution is 0.473. The fourth-order valence-corrected chi connectivity index (χ4v) is 6.12. The highest BCUT2D eigenvalue weighted by atomic mass is 32.2. The zero-order chi connectivity index (χ0) is 18.0. The van der Waals surface area contributed by atoms with Crippen molar-refractivity contribution in [1.82, 2.24) is 0 Å². The van der Waals surface area contributed by atoms with E-state index in [2.05, 4.69) is 6.58 Å². The summed E-state index contributed by atoms with van der Waals surface area (Å²) in [5, 5.41) is 8.97. The molecule has 25 heavy (non-hydrogen) atoms. The van der Waals surface area contributed by atoms with E-state index in [1.54, 1.807) is 6.07 Å². The highest BCUT2D eigenvalue weighted by Gasteiger charge is 2.50. The summed E-state index contributed by atoms with van der Waals surface area (Å²) >= 11 is 0. The lowest BCUT2D eigenvalue weighted by Gasteiger charge is -2.16. The van der Waals surface area contributed by atoms with Crippen molar-refractivity contribution in [3.05, 3.63) is 59.4 Å². The molecular formula is C19H14FNO3S. The van der Waals surface area contributed by atoms with Crippen molar-refractivity contribution in [2.75, 3.05) is 5.75 Å². The zero-order valence-corrected chi connectivity index (χ0v) is 14.3. The van der Waals surface area contributed by atoms with Gasteiger partial charge in [-0.1, -0.05) is 13.5 Å². The van der Waals surface area contributed by atoms with Gasteiger partial charge in [0.2, 0.25) is 0 Å². The van der Waals surface area contributed by atoms with Crippen molar-refractivity contribution in [1.29, 1.82) is 5.26 Å². The summed E-state index contributed by atoms with van der Waals surface area (Å²) in [5.74, 6) is 0.107. The minimum atomic E-state index is -3.31. The van der Waals surface area contributed by atoms with Crippen LogP contribution in [-0.4, -0.2) is 14.2 Å². The number of allylic oxidation sites excluding steroid dienone is 1. The first-order valence-electron chi connectivity index (χ1n) is 7.70. The van der Waals surface area contributed by atoms with Gasteiger partial charge in [-0.05, 0) is 41.8 Å². The molecule has 2 aliphatic rings. The van der Waals surface area contributed by atoms with Crippen molar-refractivity contribution in [3.8, 4) is 17.6 Å². The molecule has 0 saturated heterocycles. The average molecular weight is 355 g/mol. The van der Waals surface area contributed by atoms with Crippen molar-refractivity contribution in [2.45, 2.75) is 23.7 Å². The predicted octanol–water partition coefficient (Wildman–Crippen LogP) is 3.95. The van der Waals surface area contributed by atoms with Gasteiger partial charge in [0.15, 0.2) is 9.84 Å². The van der Waals surface area contributed by atoms with Gasteiger partial charge in [0.25, 0.3) is 0 Å². The van der Waals surface area contributed by atoms with Crippen molar-refractivity contribution >= 4 is 15.4 Å². The van der Waals surface area contributed by atoms with Crippen molar-refractivity contribution in [3.63, 3.8) is 0 Å². The van der Waals surface area contributed by atoms with Crippen LogP contribution in [0.2, 0.25) is 0 Å². The molecule has 0 N–H and O–H groups in total. The summed E-state index contributed by atoms with van der Waals surface area (Å²) in [7, 11) is -3.31. The molecule has 1 heterocycles. The summed E-state index contributed by atoms with van der Waals surface area (Å²) in [5.41, 5.74) is 1.88. The Hall–Kier alpha value is -2.65. The monoisotopic (exact) mass is 355 g/mol. The third kappa shape index (κ3) is 2.27. The van der Waals surface area contributed by atoms with Crippen LogP contribution in [-0.2, 0) is 15.3 Å². The second kappa shape index (κ2) is 4.93. The zero-order valence-electron chi connectivity index (χ0n) is 13.5. The van der Waals surface area contributed by atoms with Gasteiger partial charge in [0.05, 0.1) is 22.3 Å². The van der Waals surface area contributed by atoms with Gasteiger partial charge in [0, 0.05) is 17.0 Å². The molecule has 1 aliphatic heterocycles. The van der Waals surface area contributed by atoms with Crippen LogP contribution in [0.3, 0.4) is 0 Å². The molecule has 6 heteroatoms. The first kappa shape index (κ1) is 15.9. The standard InChI is InChI=1S/C19H14FNO3S/c1-11-8-19(2)10-25(22,23)16-4-3-15(17(11)18(16)19)24-14-6-12(9-21)5-13(20)7-14/h3-7H,1,8,10H2,2H3. The minimum absolute atomic E-state index is 0.0589. The Morgan fingerprint density at radius 3 is 2.80 bits per heavy atom. The SMILES string of the molecule is C=C1CC2(C)CS(=O)(=O)c3ccc(Oc4cc(F)cc(C#N)c4)c1c32. The highest BCUT2D eigenvalue weighted by Crippen LogP contribution is 2.56. The molecule has 0 fully saturated rings. The number of hydrogen-bond acceptors (Lipinski definition) is 4. The lowest BCUT2D eigenvalue weighted by atomic mass is 9.86. The summed E-state index contributed by atoms with van der Waals surface area (Å²) in [6.45, 7) is 5.98. The molecule has 1 unspecified atom stereocenters. The van der Waals surface area contributed by atoms with Crippen LogP contribution in [0.25, 0.3) is 5.57 Å². The molecule has 4 nitrogen and oxygen atoms in total. The molecule has 0 amide bonds. The summed E-state index contributed by atoms with van der Waals surface area (Å²) in [6.07, 6.45) is 0.543. The molecule has 1 atom stereocenters. The number of benzene rings is 2. The molecular weight excluding hydrogens is 341 g/mol. The van der Waals surface area contributed by atoms with Crippen LogP contribution in [0, 0.1) is 17.1 Å². The maximum Gasteiger partial charge on any atom is 0.179 e. The third-order valence-corrected chi connectivity index (χ3v) is 6.79. The molecule has 2 aromatic carbocycles. The molecule has 0 bridgehead atoms. The van der Waals surface area contributed by atoms with E-state index in [1.807, 2.05) is 13.0 Å². The van der Waals surface area contributed by atoms with E-state index in [0.717, 1.165) is 17.2 Å². The molecule has 2 aromatic rings. The van der Waals surface area contributed by atoms with E-state index in [4.69, 9.17) is 10.00 Å². The number of nitrogens with zero attached hydrogens (tertiary/aromatic N) is 1. The fourth-order valence-electron chi connectivity index (χ4n) is 3.94. The number of nitriles is 1. The smallest absolute Gasteiger partial charge is 0.179 e. The predicted molar refractivity (Wildman–Crippen MR) is 90.7 cm³/mol. The van der Waals surface area contributed by atoms with Gasteiger partial charge >= 0.3 is 0 Å². The molecule has 0 aromatic heterocycles. The van der Waals surface area contributed by atoms with Crippen molar-refractivity contribution in [2.24, 2.45) is 0 Å². The van der Waals surface area contributed by atoms with Gasteiger partial charge in [-0.15, -0.1) is 0 Å². The molecule has 0 radical (unpaired) electrons. The summed E-state index contributed by atoms with van der Waals surface area (Å²) < 4.78 is 44.3. The maximum atomic E-state index is 13.6. The second-order valence-electron chi connectivity index (χ2n) is 6.80.